The summed E-state index contributed by atoms with van der Waals surface area (Å²) in [5, 5.41) is 22.4. The van der Waals surface area contributed by atoms with Gasteiger partial charge in [0, 0.05) is 16.1 Å². The van der Waals surface area contributed by atoms with Gasteiger partial charge in [-0.15, -0.1) is 0 Å². The van der Waals surface area contributed by atoms with Crippen molar-refractivity contribution < 1.29 is 24.5 Å². The van der Waals surface area contributed by atoms with E-state index in [-0.39, 0.29) is 28.4 Å². The molecule has 0 bridgehead atoms. The van der Waals surface area contributed by atoms with Crippen LogP contribution < -0.4 is 25.6 Å². The predicted molar refractivity (Wildman–Crippen MR) is 113 cm³/mol. The molecule has 160 valence electrons. The van der Waals surface area contributed by atoms with Crippen LogP contribution in [0.1, 0.15) is 5.69 Å². The molecule has 2 aromatic carbocycles. The predicted octanol–water partition coefficient (Wildman–Crippen LogP) is 0.705. The number of H-pyrrole nitrogens is 2. The summed E-state index contributed by atoms with van der Waals surface area (Å²) in [4.78, 5) is 38.7. The number of methoxy groups -OCH3 is 2. The van der Waals surface area contributed by atoms with Crippen molar-refractivity contribution in [3.05, 3.63) is 63.0 Å². The molecular weight excluding hydrogens is 416 g/mol. The molecule has 0 spiro atoms. The van der Waals surface area contributed by atoms with Gasteiger partial charge in [-0.2, -0.15) is 0 Å². The number of nitrogens with zero attached hydrogens (tertiary/aromatic N) is 2. The number of amides is 1. The quantitative estimate of drug-likeness (QED) is 0.371. The van der Waals surface area contributed by atoms with Crippen LogP contribution in [0.3, 0.4) is 0 Å². The third-order valence-corrected chi connectivity index (χ3v) is 5.28. The summed E-state index contributed by atoms with van der Waals surface area (Å²) in [5.41, 5.74) is -0.478. The van der Waals surface area contributed by atoms with Crippen LogP contribution in [0.4, 0.5) is 0 Å². The summed E-state index contributed by atoms with van der Waals surface area (Å²) in [5.74, 6) is -0.513. The van der Waals surface area contributed by atoms with Crippen molar-refractivity contribution >= 4 is 22.4 Å². The summed E-state index contributed by atoms with van der Waals surface area (Å²) in [6.45, 7) is 0. The van der Waals surface area contributed by atoms with E-state index >= 15 is 0 Å². The van der Waals surface area contributed by atoms with Gasteiger partial charge in [0.15, 0.2) is 5.88 Å². The number of hydrogen-bond donors (Lipinski definition) is 4. The minimum absolute atomic E-state index is 0.0492. The second kappa shape index (κ2) is 6.98. The standard InChI is InChI=1S/C22H16N4O6/c1-31-9-3-5-13-11(7-9)15(19(27)23-13)17-21(29)26-18(22(30)25-17)16-12-8-10(32-2)4-6-14(12)24-20(16)28/h3-8,23,27H,1-2H3,(H,25,30)(H,26,29). The van der Waals surface area contributed by atoms with E-state index in [0.717, 1.165) is 0 Å². The smallest absolute Gasteiger partial charge is 0.280 e. The van der Waals surface area contributed by atoms with Gasteiger partial charge in [-0.25, -0.2) is 9.98 Å². The highest BCUT2D eigenvalue weighted by atomic mass is 16.5. The normalized spacial score (nSPS) is 12.7. The van der Waals surface area contributed by atoms with Crippen LogP contribution in [-0.2, 0) is 4.79 Å². The topological polar surface area (TPSA) is 150 Å². The van der Waals surface area contributed by atoms with Gasteiger partial charge in [0.05, 0.1) is 30.7 Å². The number of benzene rings is 2. The van der Waals surface area contributed by atoms with Crippen molar-refractivity contribution in [1.82, 2.24) is 15.0 Å². The number of rotatable bonds is 4. The van der Waals surface area contributed by atoms with Crippen molar-refractivity contribution in [3.8, 4) is 34.5 Å². The summed E-state index contributed by atoms with van der Waals surface area (Å²) < 4.78 is 10.4. The fourth-order valence-corrected chi connectivity index (χ4v) is 3.77. The molecule has 1 amide bonds. The molecule has 0 saturated carbocycles. The van der Waals surface area contributed by atoms with Crippen LogP contribution in [0.2, 0.25) is 0 Å². The average molecular weight is 432 g/mol. The molecule has 32 heavy (non-hydrogen) atoms. The maximum absolute atomic E-state index is 13.0. The van der Waals surface area contributed by atoms with E-state index in [1.807, 2.05) is 0 Å². The first-order valence-electron chi connectivity index (χ1n) is 9.45. The van der Waals surface area contributed by atoms with Gasteiger partial charge in [-0.3, -0.25) is 9.59 Å². The van der Waals surface area contributed by atoms with Crippen molar-refractivity contribution in [3.63, 3.8) is 0 Å². The molecule has 0 unspecified atom stereocenters. The molecule has 10 nitrogen and oxygen atoms in total. The Bertz CT molecular complexity index is 1620. The lowest BCUT2D eigenvalue weighted by atomic mass is 10.1. The first-order valence-corrected chi connectivity index (χ1v) is 9.45. The lowest BCUT2D eigenvalue weighted by Crippen LogP contribution is -2.26. The number of fused-ring (bicyclic) bond motifs is 2. The Morgan fingerprint density at radius 2 is 1.66 bits per heavy atom. The third kappa shape index (κ3) is 2.81. The maximum Gasteiger partial charge on any atom is 0.280 e. The summed E-state index contributed by atoms with van der Waals surface area (Å²) in [6.07, 6.45) is 0. The van der Waals surface area contributed by atoms with E-state index in [9.17, 15) is 19.8 Å². The number of aromatic amines is 2. The molecule has 0 aliphatic carbocycles. The third-order valence-electron chi connectivity index (χ3n) is 5.28. The molecular formula is C22H16N4O6. The molecule has 0 atom stereocenters. The summed E-state index contributed by atoms with van der Waals surface area (Å²) in [7, 11) is 2.97. The largest absolute Gasteiger partial charge is 0.497 e. The van der Waals surface area contributed by atoms with Crippen molar-refractivity contribution in [2.24, 2.45) is 4.99 Å². The minimum Gasteiger partial charge on any atom is -0.497 e. The van der Waals surface area contributed by atoms with Gasteiger partial charge in [0.2, 0.25) is 5.88 Å². The molecule has 4 N–H and O–H groups in total. The Morgan fingerprint density at radius 3 is 2.41 bits per heavy atom. The molecule has 0 radical (unpaired) electrons. The zero-order valence-electron chi connectivity index (χ0n) is 16.9. The van der Waals surface area contributed by atoms with E-state index < -0.39 is 17.3 Å². The first kappa shape index (κ1) is 19.4. The minimum atomic E-state index is -0.733. The second-order valence-electron chi connectivity index (χ2n) is 7.05. The Kier molecular flexibility index (Phi) is 4.22. The number of carbonyl (C=O) groups is 1. The van der Waals surface area contributed by atoms with E-state index in [1.165, 1.54) is 14.2 Å². The number of carbonyl (C=O) groups excluding carboxylic acids is 1. The van der Waals surface area contributed by atoms with Crippen LogP contribution in [0.25, 0.3) is 27.7 Å². The van der Waals surface area contributed by atoms with Crippen LogP contribution in [0.5, 0.6) is 23.3 Å². The molecule has 4 aromatic rings. The van der Waals surface area contributed by atoms with E-state index in [4.69, 9.17) is 9.47 Å². The molecule has 0 saturated heterocycles. The zero-order valence-corrected chi connectivity index (χ0v) is 16.9. The fraction of sp³-hybridized carbons (Fsp3) is 0.0909. The second-order valence-corrected chi connectivity index (χ2v) is 7.05. The highest BCUT2D eigenvalue weighted by Crippen LogP contribution is 2.39. The van der Waals surface area contributed by atoms with Crippen molar-refractivity contribution in [2.45, 2.75) is 0 Å². The van der Waals surface area contributed by atoms with Gasteiger partial charge < -0.3 is 29.7 Å². The molecule has 2 aromatic heterocycles. The molecule has 5 rings (SSSR count). The Morgan fingerprint density at radius 1 is 0.938 bits per heavy atom. The van der Waals surface area contributed by atoms with Crippen LogP contribution >= 0.6 is 0 Å². The van der Waals surface area contributed by atoms with Gasteiger partial charge >= 0.3 is 0 Å². The maximum atomic E-state index is 13.0. The number of ether oxygens (including phenoxy) is 2. The van der Waals surface area contributed by atoms with E-state index in [1.54, 1.807) is 36.4 Å². The molecule has 3 heterocycles. The number of aromatic nitrogens is 3. The highest BCUT2D eigenvalue weighted by molar-refractivity contribution is 6.20. The molecule has 10 heteroatoms. The van der Waals surface area contributed by atoms with Crippen molar-refractivity contribution in [2.75, 3.05) is 14.2 Å². The Labute approximate surface area is 179 Å². The lowest BCUT2D eigenvalue weighted by molar-refractivity contribution is -0.112. The summed E-state index contributed by atoms with van der Waals surface area (Å²) >= 11 is 0. The van der Waals surface area contributed by atoms with E-state index in [2.05, 4.69) is 19.9 Å². The molecule has 0 fully saturated rings. The van der Waals surface area contributed by atoms with Gasteiger partial charge in [0.25, 0.3) is 11.5 Å². The molecule has 1 aliphatic heterocycles. The number of hydrogen-bond acceptors (Lipinski definition) is 7. The van der Waals surface area contributed by atoms with E-state index in [0.29, 0.717) is 33.0 Å². The van der Waals surface area contributed by atoms with Gasteiger partial charge in [-0.1, -0.05) is 0 Å². The Hall–Kier alpha value is -4.60. The zero-order chi connectivity index (χ0) is 22.6. The first-order chi connectivity index (χ1) is 15.4. The van der Waals surface area contributed by atoms with Crippen LogP contribution in [-0.4, -0.2) is 45.3 Å². The van der Waals surface area contributed by atoms with Crippen molar-refractivity contribution in [1.29, 1.82) is 0 Å². The average Bonchev–Trinajstić information content (AvgIpc) is 3.28. The van der Waals surface area contributed by atoms with Gasteiger partial charge in [-0.05, 0) is 36.4 Å². The van der Waals surface area contributed by atoms with Crippen LogP contribution in [0.15, 0.2) is 46.2 Å². The molecule has 1 aliphatic rings. The highest BCUT2D eigenvalue weighted by Gasteiger charge is 2.26. The SMILES string of the molecule is COc1ccc2c(c1)=C(c1nc(O)c(-c3c(O)[nH]c4ccc(OC)cc34)[nH]c1=O)C(=O)N=2. The lowest BCUT2D eigenvalue weighted by Gasteiger charge is -2.07. The number of aromatic hydroxyl groups is 2. The summed E-state index contributed by atoms with van der Waals surface area (Å²) in [6, 6.07) is 9.84. The number of nitrogens with one attached hydrogen (secondary N) is 2. The van der Waals surface area contributed by atoms with Crippen LogP contribution in [0, 0.1) is 0 Å². The monoisotopic (exact) mass is 432 g/mol. The fourth-order valence-electron chi connectivity index (χ4n) is 3.77. The Balaban J connectivity index is 1.75. The van der Waals surface area contributed by atoms with Gasteiger partial charge in [0.1, 0.15) is 22.9 Å².